The van der Waals surface area contributed by atoms with Crippen molar-refractivity contribution in [3.05, 3.63) is 22.6 Å². The number of nitrogens with one attached hydrogen (secondary N) is 1. The molecule has 1 atom stereocenters. The molecule has 3 nitrogen and oxygen atoms in total. The maximum Gasteiger partial charge on any atom is 0.169 e. The first-order valence-corrected chi connectivity index (χ1v) is 6.04. The van der Waals surface area contributed by atoms with Crippen LogP contribution in [0.2, 0.25) is 0 Å². The van der Waals surface area contributed by atoms with Crippen molar-refractivity contribution >= 4 is 15.9 Å². The Morgan fingerprint density at radius 2 is 2.40 bits per heavy atom. The van der Waals surface area contributed by atoms with Crippen molar-refractivity contribution in [2.75, 3.05) is 13.2 Å². The zero-order valence-electron chi connectivity index (χ0n) is 8.88. The average Bonchev–Trinajstić information content (AvgIpc) is 2.63. The summed E-state index contributed by atoms with van der Waals surface area (Å²) >= 11 is 3.29. The van der Waals surface area contributed by atoms with E-state index in [0.29, 0.717) is 0 Å². The van der Waals surface area contributed by atoms with Gasteiger partial charge >= 0.3 is 0 Å². The molecule has 1 fully saturated rings. The number of halogens is 1. The molecule has 1 aromatic rings. The van der Waals surface area contributed by atoms with E-state index < -0.39 is 0 Å². The fraction of sp³-hybridized carbons (Fsp3) is 0.636. The van der Waals surface area contributed by atoms with E-state index in [2.05, 4.69) is 28.2 Å². The SMILES string of the molecule is CC1(NCc2ccc(Br)o2)CCCOC1. The largest absolute Gasteiger partial charge is 0.453 e. The van der Waals surface area contributed by atoms with E-state index in [9.17, 15) is 0 Å². The molecule has 4 heteroatoms. The minimum absolute atomic E-state index is 0.0948. The van der Waals surface area contributed by atoms with E-state index in [-0.39, 0.29) is 5.54 Å². The van der Waals surface area contributed by atoms with E-state index in [1.807, 2.05) is 12.1 Å². The third-order valence-corrected chi connectivity index (χ3v) is 3.18. The van der Waals surface area contributed by atoms with Crippen LogP contribution < -0.4 is 5.32 Å². The molecule has 0 saturated carbocycles. The lowest BCUT2D eigenvalue weighted by Crippen LogP contribution is -2.48. The predicted molar refractivity (Wildman–Crippen MR) is 61.7 cm³/mol. The summed E-state index contributed by atoms with van der Waals surface area (Å²) in [6.07, 6.45) is 2.29. The second kappa shape index (κ2) is 4.68. The van der Waals surface area contributed by atoms with Gasteiger partial charge in [0.05, 0.1) is 13.2 Å². The zero-order valence-corrected chi connectivity index (χ0v) is 10.5. The van der Waals surface area contributed by atoms with Gasteiger partial charge < -0.3 is 14.5 Å². The highest BCUT2D eigenvalue weighted by Gasteiger charge is 2.26. The molecule has 0 amide bonds. The Labute approximate surface area is 98.3 Å². The van der Waals surface area contributed by atoms with Crippen LogP contribution in [0.5, 0.6) is 0 Å². The molecule has 1 aliphatic heterocycles. The van der Waals surface area contributed by atoms with Gasteiger partial charge in [0.25, 0.3) is 0 Å². The zero-order chi connectivity index (χ0) is 10.7. The van der Waals surface area contributed by atoms with Gasteiger partial charge in [-0.2, -0.15) is 0 Å². The molecule has 0 radical (unpaired) electrons. The van der Waals surface area contributed by atoms with Crippen molar-refractivity contribution in [1.82, 2.24) is 5.32 Å². The molecule has 1 saturated heterocycles. The van der Waals surface area contributed by atoms with E-state index in [0.717, 1.165) is 43.0 Å². The highest BCUT2D eigenvalue weighted by atomic mass is 79.9. The lowest BCUT2D eigenvalue weighted by atomic mass is 9.95. The van der Waals surface area contributed by atoms with Gasteiger partial charge in [-0.15, -0.1) is 0 Å². The maximum atomic E-state index is 5.48. The second-order valence-electron chi connectivity index (χ2n) is 4.28. The number of hydrogen-bond acceptors (Lipinski definition) is 3. The number of rotatable bonds is 3. The fourth-order valence-electron chi connectivity index (χ4n) is 1.82. The Kier molecular flexibility index (Phi) is 3.49. The van der Waals surface area contributed by atoms with Crippen LogP contribution in [0.25, 0.3) is 0 Å². The Morgan fingerprint density at radius 3 is 3.00 bits per heavy atom. The van der Waals surface area contributed by atoms with Gasteiger partial charge in [0.1, 0.15) is 5.76 Å². The Bertz CT molecular complexity index is 318. The Hall–Kier alpha value is -0.320. The number of ether oxygens (including phenoxy) is 1. The van der Waals surface area contributed by atoms with E-state index >= 15 is 0 Å². The van der Waals surface area contributed by atoms with Crippen LogP contribution in [-0.2, 0) is 11.3 Å². The van der Waals surface area contributed by atoms with E-state index in [1.165, 1.54) is 0 Å². The van der Waals surface area contributed by atoms with Crippen LogP contribution in [0.4, 0.5) is 0 Å². The minimum atomic E-state index is 0.0948. The summed E-state index contributed by atoms with van der Waals surface area (Å²) in [5.74, 6) is 0.952. The molecule has 1 aromatic heterocycles. The van der Waals surface area contributed by atoms with Crippen molar-refractivity contribution < 1.29 is 9.15 Å². The maximum absolute atomic E-state index is 5.48. The summed E-state index contributed by atoms with van der Waals surface area (Å²) in [5.41, 5.74) is 0.0948. The first-order chi connectivity index (χ1) is 7.18. The molecular formula is C11H16BrNO2. The molecule has 0 aromatic carbocycles. The molecule has 1 unspecified atom stereocenters. The van der Waals surface area contributed by atoms with Crippen LogP contribution in [-0.4, -0.2) is 18.8 Å². The Morgan fingerprint density at radius 1 is 1.53 bits per heavy atom. The normalized spacial score (nSPS) is 26.8. The van der Waals surface area contributed by atoms with Gasteiger partial charge in [0.15, 0.2) is 4.67 Å². The van der Waals surface area contributed by atoms with E-state index in [1.54, 1.807) is 0 Å². The summed E-state index contributed by atoms with van der Waals surface area (Å²) in [4.78, 5) is 0. The van der Waals surface area contributed by atoms with Gasteiger partial charge in [-0.1, -0.05) is 0 Å². The van der Waals surface area contributed by atoms with Gasteiger partial charge in [0, 0.05) is 12.1 Å². The van der Waals surface area contributed by atoms with Crippen molar-refractivity contribution in [1.29, 1.82) is 0 Å². The first kappa shape index (κ1) is 11.2. The molecule has 84 valence electrons. The monoisotopic (exact) mass is 273 g/mol. The fourth-order valence-corrected chi connectivity index (χ4v) is 2.16. The molecule has 0 aliphatic carbocycles. The summed E-state index contributed by atoms with van der Waals surface area (Å²) in [6.45, 7) is 4.63. The van der Waals surface area contributed by atoms with Crippen LogP contribution in [0.3, 0.4) is 0 Å². The van der Waals surface area contributed by atoms with Crippen LogP contribution in [0.15, 0.2) is 21.2 Å². The summed E-state index contributed by atoms with van der Waals surface area (Å²) in [5, 5.41) is 3.49. The quantitative estimate of drug-likeness (QED) is 0.920. The van der Waals surface area contributed by atoms with Crippen LogP contribution in [0, 0.1) is 0 Å². The van der Waals surface area contributed by atoms with Crippen molar-refractivity contribution in [2.24, 2.45) is 0 Å². The van der Waals surface area contributed by atoms with Gasteiger partial charge in [-0.3, -0.25) is 0 Å². The molecule has 0 spiro atoms. The highest BCUT2D eigenvalue weighted by molar-refractivity contribution is 9.10. The Balaban J connectivity index is 1.86. The van der Waals surface area contributed by atoms with Gasteiger partial charge in [0.2, 0.25) is 0 Å². The molecule has 2 heterocycles. The third kappa shape index (κ3) is 3.06. The molecule has 1 N–H and O–H groups in total. The van der Waals surface area contributed by atoms with E-state index in [4.69, 9.17) is 9.15 Å². The topological polar surface area (TPSA) is 34.4 Å². The number of furan rings is 1. The molecule has 15 heavy (non-hydrogen) atoms. The van der Waals surface area contributed by atoms with Crippen molar-refractivity contribution in [3.8, 4) is 0 Å². The number of hydrogen-bond donors (Lipinski definition) is 1. The standard InChI is InChI=1S/C11H16BrNO2/c1-11(5-2-6-14-8-11)13-7-9-3-4-10(12)15-9/h3-4,13H,2,5-8H2,1H3. The van der Waals surface area contributed by atoms with Crippen molar-refractivity contribution in [2.45, 2.75) is 31.8 Å². The highest BCUT2D eigenvalue weighted by Crippen LogP contribution is 2.20. The van der Waals surface area contributed by atoms with Gasteiger partial charge in [-0.25, -0.2) is 0 Å². The lowest BCUT2D eigenvalue weighted by Gasteiger charge is -2.34. The smallest absolute Gasteiger partial charge is 0.169 e. The summed E-state index contributed by atoms with van der Waals surface area (Å²) < 4.78 is 11.7. The van der Waals surface area contributed by atoms with Gasteiger partial charge in [-0.05, 0) is 47.8 Å². The average molecular weight is 274 g/mol. The molecule has 1 aliphatic rings. The lowest BCUT2D eigenvalue weighted by molar-refractivity contribution is 0.0270. The summed E-state index contributed by atoms with van der Waals surface area (Å²) in [6, 6.07) is 3.89. The predicted octanol–water partition coefficient (Wildman–Crippen LogP) is 2.70. The van der Waals surface area contributed by atoms with Crippen LogP contribution in [0.1, 0.15) is 25.5 Å². The first-order valence-electron chi connectivity index (χ1n) is 5.25. The molecule has 0 bridgehead atoms. The summed E-state index contributed by atoms with van der Waals surface area (Å²) in [7, 11) is 0. The second-order valence-corrected chi connectivity index (χ2v) is 5.06. The van der Waals surface area contributed by atoms with Crippen molar-refractivity contribution in [3.63, 3.8) is 0 Å². The minimum Gasteiger partial charge on any atom is -0.453 e. The molecular weight excluding hydrogens is 258 g/mol. The van der Waals surface area contributed by atoms with Crippen LogP contribution >= 0.6 is 15.9 Å². The molecule has 2 rings (SSSR count). The third-order valence-electron chi connectivity index (χ3n) is 2.76.